The Morgan fingerprint density at radius 3 is 2.70 bits per heavy atom. The minimum Gasteiger partial charge on any atom is -0.491 e. The van der Waals surface area contributed by atoms with Gasteiger partial charge in [-0.15, -0.1) is 0 Å². The van der Waals surface area contributed by atoms with Gasteiger partial charge in [-0.1, -0.05) is 19.1 Å². The first-order valence-corrected chi connectivity index (χ1v) is 6.58. The first kappa shape index (κ1) is 16.0. The maximum absolute atomic E-state index is 11.8. The first-order chi connectivity index (χ1) is 9.52. The molecule has 0 saturated heterocycles. The summed E-state index contributed by atoms with van der Waals surface area (Å²) >= 11 is 0. The van der Waals surface area contributed by atoms with Gasteiger partial charge in [-0.25, -0.2) is 0 Å². The van der Waals surface area contributed by atoms with E-state index in [0.717, 1.165) is 6.42 Å². The van der Waals surface area contributed by atoms with Crippen LogP contribution in [0, 0.1) is 0 Å². The van der Waals surface area contributed by atoms with Crippen LogP contribution in [0.2, 0.25) is 0 Å². The van der Waals surface area contributed by atoms with Gasteiger partial charge in [0.2, 0.25) is 11.8 Å². The van der Waals surface area contributed by atoms with Gasteiger partial charge in [0.25, 0.3) is 0 Å². The number of hydrogen-bond acceptors (Lipinski definition) is 4. The van der Waals surface area contributed by atoms with Gasteiger partial charge in [-0.05, 0) is 18.6 Å². The van der Waals surface area contributed by atoms with Gasteiger partial charge in [-0.3, -0.25) is 9.59 Å². The van der Waals surface area contributed by atoms with Crippen LogP contribution < -0.4 is 21.5 Å². The van der Waals surface area contributed by atoms with Crippen LogP contribution in [0.5, 0.6) is 5.75 Å². The lowest BCUT2D eigenvalue weighted by Gasteiger charge is -2.13. The molecule has 0 aliphatic heterocycles. The summed E-state index contributed by atoms with van der Waals surface area (Å²) < 4.78 is 5.43. The molecule has 5 N–H and O–H groups in total. The maximum Gasteiger partial charge on any atom is 0.226 e. The molecule has 2 amide bonds. The van der Waals surface area contributed by atoms with Crippen LogP contribution in [0.1, 0.15) is 26.2 Å². The molecule has 0 fully saturated rings. The molecule has 110 valence electrons. The molecule has 20 heavy (non-hydrogen) atoms. The number of hydrogen-bond donors (Lipinski definition) is 3. The predicted octanol–water partition coefficient (Wildman–Crippen LogP) is 1.01. The van der Waals surface area contributed by atoms with Gasteiger partial charge in [0.05, 0.1) is 18.7 Å². The van der Waals surface area contributed by atoms with Crippen LogP contribution in [0.3, 0.4) is 0 Å². The summed E-state index contributed by atoms with van der Waals surface area (Å²) in [5.74, 6) is -0.0853. The fraction of sp³-hybridized carbons (Fsp3) is 0.429. The van der Waals surface area contributed by atoms with Crippen molar-refractivity contribution in [1.82, 2.24) is 0 Å². The fourth-order valence-electron chi connectivity index (χ4n) is 1.54. The zero-order valence-corrected chi connectivity index (χ0v) is 11.6. The van der Waals surface area contributed by atoms with E-state index in [0.29, 0.717) is 11.4 Å². The summed E-state index contributed by atoms with van der Waals surface area (Å²) in [6.07, 6.45) is 1.12. The van der Waals surface area contributed by atoms with Gasteiger partial charge >= 0.3 is 0 Å². The lowest BCUT2D eigenvalue weighted by atomic mass is 10.1. The molecule has 1 atom stereocenters. The number of primary amides is 1. The molecule has 0 heterocycles. The van der Waals surface area contributed by atoms with E-state index < -0.39 is 5.91 Å². The zero-order valence-electron chi connectivity index (χ0n) is 11.6. The van der Waals surface area contributed by atoms with Crippen LogP contribution in [-0.2, 0) is 9.59 Å². The molecule has 0 bridgehead atoms. The average molecular weight is 279 g/mol. The first-order valence-electron chi connectivity index (χ1n) is 6.58. The van der Waals surface area contributed by atoms with E-state index in [-0.39, 0.29) is 31.4 Å². The third kappa shape index (κ3) is 5.71. The van der Waals surface area contributed by atoms with Gasteiger partial charge in [0, 0.05) is 12.5 Å². The average Bonchev–Trinajstić information content (AvgIpc) is 2.40. The van der Waals surface area contributed by atoms with Crippen molar-refractivity contribution in [2.24, 2.45) is 11.5 Å². The van der Waals surface area contributed by atoms with Gasteiger partial charge in [0.1, 0.15) is 5.75 Å². The molecule has 0 spiro atoms. The highest BCUT2D eigenvalue weighted by Crippen LogP contribution is 2.24. The molecule has 6 heteroatoms. The van der Waals surface area contributed by atoms with Gasteiger partial charge < -0.3 is 21.5 Å². The Morgan fingerprint density at radius 2 is 2.05 bits per heavy atom. The predicted molar refractivity (Wildman–Crippen MR) is 77.3 cm³/mol. The van der Waals surface area contributed by atoms with E-state index in [9.17, 15) is 9.59 Å². The quantitative estimate of drug-likeness (QED) is 0.660. The van der Waals surface area contributed by atoms with E-state index in [1.165, 1.54) is 0 Å². The Morgan fingerprint density at radius 1 is 1.35 bits per heavy atom. The molecular weight excluding hydrogens is 258 g/mol. The van der Waals surface area contributed by atoms with Crippen molar-refractivity contribution >= 4 is 17.5 Å². The molecule has 0 aromatic heterocycles. The Balaban J connectivity index is 2.60. The fourth-order valence-corrected chi connectivity index (χ4v) is 1.54. The molecule has 1 aromatic carbocycles. The van der Waals surface area contributed by atoms with E-state index >= 15 is 0 Å². The summed E-state index contributed by atoms with van der Waals surface area (Å²) in [5, 5.41) is 2.75. The number of carbonyl (C=O) groups is 2. The number of anilines is 1. The van der Waals surface area contributed by atoms with Crippen LogP contribution in [-0.4, -0.2) is 24.5 Å². The molecule has 1 rings (SSSR count). The van der Waals surface area contributed by atoms with E-state index in [1.807, 2.05) is 6.92 Å². The number of nitrogens with two attached hydrogens (primary N) is 2. The summed E-state index contributed by atoms with van der Waals surface area (Å²) in [7, 11) is 0. The van der Waals surface area contributed by atoms with E-state index in [4.69, 9.17) is 16.2 Å². The number of carbonyl (C=O) groups excluding carboxylic acids is 2. The zero-order chi connectivity index (χ0) is 15.0. The summed E-state index contributed by atoms with van der Waals surface area (Å²) in [4.78, 5) is 22.5. The summed E-state index contributed by atoms with van der Waals surface area (Å²) in [6.45, 7) is 2.11. The number of ether oxygens (including phenoxy) is 1. The molecular formula is C14H21N3O3. The Bertz CT molecular complexity index is 463. The maximum atomic E-state index is 11.8. The Labute approximate surface area is 118 Å². The van der Waals surface area contributed by atoms with Crippen molar-refractivity contribution in [3.63, 3.8) is 0 Å². The highest BCUT2D eigenvalue weighted by Gasteiger charge is 2.10. The smallest absolute Gasteiger partial charge is 0.226 e. The number of rotatable bonds is 8. The number of benzene rings is 1. The molecule has 0 aliphatic carbocycles. The van der Waals surface area contributed by atoms with E-state index in [1.54, 1.807) is 24.3 Å². The lowest BCUT2D eigenvalue weighted by Crippen LogP contribution is -2.26. The van der Waals surface area contributed by atoms with Gasteiger partial charge in [0.15, 0.2) is 0 Å². The van der Waals surface area contributed by atoms with Crippen molar-refractivity contribution in [1.29, 1.82) is 0 Å². The minimum atomic E-state index is -0.430. The standard InChI is InChI=1S/C14H21N3O3/c1-2-10(15)9-14(19)17-11-5-3-4-6-12(11)20-8-7-13(16)18/h3-6,10H,2,7-9,15H2,1H3,(H2,16,18)(H,17,19). The molecule has 0 saturated carbocycles. The summed E-state index contributed by atoms with van der Waals surface area (Å²) in [6, 6.07) is 6.87. The molecule has 1 unspecified atom stereocenters. The molecule has 6 nitrogen and oxygen atoms in total. The normalized spacial score (nSPS) is 11.7. The highest BCUT2D eigenvalue weighted by molar-refractivity contribution is 5.92. The second kappa shape index (κ2) is 8.16. The molecule has 0 radical (unpaired) electrons. The summed E-state index contributed by atoms with van der Waals surface area (Å²) in [5.41, 5.74) is 11.3. The minimum absolute atomic E-state index is 0.128. The lowest BCUT2D eigenvalue weighted by molar-refractivity contribution is -0.118. The van der Waals surface area contributed by atoms with E-state index in [2.05, 4.69) is 5.32 Å². The number of nitrogens with one attached hydrogen (secondary N) is 1. The Hall–Kier alpha value is -2.08. The Kier molecular flexibility index (Phi) is 6.52. The third-order valence-corrected chi connectivity index (χ3v) is 2.74. The van der Waals surface area contributed by atoms with Crippen LogP contribution in [0.4, 0.5) is 5.69 Å². The van der Waals surface area contributed by atoms with Crippen molar-refractivity contribution in [2.75, 3.05) is 11.9 Å². The molecule has 0 aliphatic rings. The van der Waals surface area contributed by atoms with Crippen molar-refractivity contribution in [3.8, 4) is 5.75 Å². The monoisotopic (exact) mass is 279 g/mol. The van der Waals surface area contributed by atoms with Crippen molar-refractivity contribution in [3.05, 3.63) is 24.3 Å². The van der Waals surface area contributed by atoms with Crippen LogP contribution in [0.25, 0.3) is 0 Å². The third-order valence-electron chi connectivity index (χ3n) is 2.74. The molecule has 1 aromatic rings. The van der Waals surface area contributed by atoms with Crippen molar-refractivity contribution in [2.45, 2.75) is 32.2 Å². The second-order valence-corrected chi connectivity index (χ2v) is 4.48. The van der Waals surface area contributed by atoms with Crippen LogP contribution in [0.15, 0.2) is 24.3 Å². The second-order valence-electron chi connectivity index (χ2n) is 4.48. The topological polar surface area (TPSA) is 107 Å². The van der Waals surface area contributed by atoms with Gasteiger partial charge in [-0.2, -0.15) is 0 Å². The largest absolute Gasteiger partial charge is 0.491 e. The SMILES string of the molecule is CCC(N)CC(=O)Nc1ccccc1OCCC(N)=O. The number of amides is 2. The number of para-hydroxylation sites is 2. The van der Waals surface area contributed by atoms with Crippen LogP contribution >= 0.6 is 0 Å². The highest BCUT2D eigenvalue weighted by atomic mass is 16.5. The van der Waals surface area contributed by atoms with Crippen molar-refractivity contribution < 1.29 is 14.3 Å².